The van der Waals surface area contributed by atoms with Crippen molar-refractivity contribution >= 4 is 27.9 Å². The Morgan fingerprint density at radius 3 is 2.58 bits per heavy atom. The molecule has 0 bridgehead atoms. The molecule has 0 spiro atoms. The van der Waals surface area contributed by atoms with Gasteiger partial charge in [-0.05, 0) is 6.42 Å². The third kappa shape index (κ3) is 4.03. The highest BCUT2D eigenvalue weighted by atomic mass is 32.1. The highest BCUT2D eigenvalue weighted by Crippen LogP contribution is 2.35. The third-order valence-corrected chi connectivity index (χ3v) is 3.28. The van der Waals surface area contributed by atoms with Gasteiger partial charge in [0.25, 0.3) is 5.91 Å². The maximum absolute atomic E-state index is 11.9. The topological polar surface area (TPSA) is 105 Å². The van der Waals surface area contributed by atoms with E-state index in [4.69, 9.17) is 16.7 Å². The van der Waals surface area contributed by atoms with Crippen molar-refractivity contribution in [2.24, 2.45) is 5.73 Å². The van der Waals surface area contributed by atoms with E-state index in [1.165, 1.54) is 0 Å². The van der Waals surface area contributed by atoms with Crippen molar-refractivity contribution in [3.63, 3.8) is 0 Å². The molecule has 5 N–H and O–H groups in total. The highest BCUT2D eigenvalue weighted by Gasteiger charge is 2.26. The van der Waals surface area contributed by atoms with Gasteiger partial charge in [0, 0.05) is 13.0 Å². The molecule has 19 heavy (non-hydrogen) atoms. The Kier molecular flexibility index (Phi) is 4.61. The first kappa shape index (κ1) is 15.1. The van der Waals surface area contributed by atoms with Crippen LogP contribution in [0.4, 0.5) is 23.9 Å². The standard InChI is InChI=1S/C10H11F3N4OS/c11-10(12,13)2-1-3-17-9-6(8(16)18)7(15)5(4-14)19-9/h17H,1-3,15H2,(H2,16,18). The van der Waals surface area contributed by atoms with E-state index in [1.807, 2.05) is 0 Å². The molecule has 1 heterocycles. The van der Waals surface area contributed by atoms with E-state index in [1.54, 1.807) is 6.07 Å². The molecule has 0 saturated carbocycles. The monoisotopic (exact) mass is 292 g/mol. The molecule has 0 radical (unpaired) electrons. The van der Waals surface area contributed by atoms with Crippen LogP contribution in [0.15, 0.2) is 0 Å². The third-order valence-electron chi connectivity index (χ3n) is 2.22. The number of alkyl halides is 3. The van der Waals surface area contributed by atoms with Crippen LogP contribution in [0.2, 0.25) is 0 Å². The number of hydrogen-bond acceptors (Lipinski definition) is 5. The second-order valence-electron chi connectivity index (χ2n) is 3.67. The smallest absolute Gasteiger partial charge is 0.389 e. The minimum absolute atomic E-state index is 0.00458. The molecular formula is C10H11F3N4OS. The van der Waals surface area contributed by atoms with E-state index in [-0.39, 0.29) is 34.1 Å². The van der Waals surface area contributed by atoms with Gasteiger partial charge in [0.05, 0.1) is 11.3 Å². The van der Waals surface area contributed by atoms with Crippen molar-refractivity contribution in [3.05, 3.63) is 10.4 Å². The molecule has 1 amide bonds. The molecule has 0 aliphatic carbocycles. The van der Waals surface area contributed by atoms with Crippen LogP contribution in [0, 0.1) is 11.3 Å². The number of nitrogens with zero attached hydrogens (tertiary/aromatic N) is 1. The molecule has 9 heteroatoms. The summed E-state index contributed by atoms with van der Waals surface area (Å²) in [5, 5.41) is 11.6. The van der Waals surface area contributed by atoms with Gasteiger partial charge in [-0.3, -0.25) is 4.79 Å². The van der Waals surface area contributed by atoms with Crippen molar-refractivity contribution < 1.29 is 18.0 Å². The number of nitrogen functional groups attached to an aromatic ring is 1. The summed E-state index contributed by atoms with van der Waals surface area (Å²) < 4.78 is 35.8. The van der Waals surface area contributed by atoms with Gasteiger partial charge < -0.3 is 16.8 Å². The molecule has 1 aromatic heterocycles. The van der Waals surface area contributed by atoms with Crippen LogP contribution < -0.4 is 16.8 Å². The Hall–Kier alpha value is -1.95. The lowest BCUT2D eigenvalue weighted by Gasteiger charge is -2.08. The number of nitriles is 1. The van der Waals surface area contributed by atoms with Crippen molar-refractivity contribution in [3.8, 4) is 6.07 Å². The maximum atomic E-state index is 11.9. The van der Waals surface area contributed by atoms with Gasteiger partial charge >= 0.3 is 6.18 Å². The summed E-state index contributed by atoms with van der Waals surface area (Å²) in [6.45, 7) is 0.00458. The fraction of sp³-hybridized carbons (Fsp3) is 0.400. The van der Waals surface area contributed by atoms with Crippen LogP contribution in [0.1, 0.15) is 28.1 Å². The summed E-state index contributed by atoms with van der Waals surface area (Å²) >= 11 is 0.893. The number of halogens is 3. The number of hydrogen-bond donors (Lipinski definition) is 3. The lowest BCUT2D eigenvalue weighted by Crippen LogP contribution is -2.16. The minimum Gasteiger partial charge on any atom is -0.396 e. The number of thiophene rings is 1. The van der Waals surface area contributed by atoms with Gasteiger partial charge in [-0.25, -0.2) is 0 Å². The number of amides is 1. The van der Waals surface area contributed by atoms with E-state index in [2.05, 4.69) is 5.32 Å². The second-order valence-corrected chi connectivity index (χ2v) is 4.69. The molecule has 1 rings (SSSR count). The normalized spacial score (nSPS) is 11.1. The molecule has 0 aromatic carbocycles. The molecule has 0 unspecified atom stereocenters. The highest BCUT2D eigenvalue weighted by molar-refractivity contribution is 7.17. The first-order valence-corrected chi connectivity index (χ1v) is 6.00. The maximum Gasteiger partial charge on any atom is 0.389 e. The number of primary amides is 1. The lowest BCUT2D eigenvalue weighted by atomic mass is 10.2. The second kappa shape index (κ2) is 5.79. The fourth-order valence-corrected chi connectivity index (χ4v) is 2.34. The predicted molar refractivity (Wildman–Crippen MR) is 65.7 cm³/mol. The number of nitrogens with two attached hydrogens (primary N) is 2. The van der Waals surface area contributed by atoms with Crippen LogP contribution in [0.3, 0.4) is 0 Å². The van der Waals surface area contributed by atoms with Crippen molar-refractivity contribution in [1.29, 1.82) is 5.26 Å². The van der Waals surface area contributed by atoms with Gasteiger partial charge in [-0.1, -0.05) is 0 Å². The fourth-order valence-electron chi connectivity index (χ4n) is 1.39. The molecular weight excluding hydrogens is 281 g/mol. The van der Waals surface area contributed by atoms with Gasteiger partial charge in [0.15, 0.2) is 0 Å². The average Bonchev–Trinajstić information content (AvgIpc) is 2.60. The molecule has 1 aromatic rings. The zero-order chi connectivity index (χ0) is 14.6. The van der Waals surface area contributed by atoms with Crippen molar-refractivity contribution in [2.45, 2.75) is 19.0 Å². The van der Waals surface area contributed by atoms with Crippen LogP contribution in [0.5, 0.6) is 0 Å². The van der Waals surface area contributed by atoms with E-state index in [9.17, 15) is 18.0 Å². The Morgan fingerprint density at radius 1 is 1.47 bits per heavy atom. The van der Waals surface area contributed by atoms with E-state index in [0.717, 1.165) is 11.3 Å². The molecule has 0 aliphatic rings. The minimum atomic E-state index is -4.22. The predicted octanol–water partition coefficient (Wildman–Crippen LogP) is 2.06. The molecule has 104 valence electrons. The van der Waals surface area contributed by atoms with E-state index >= 15 is 0 Å². The van der Waals surface area contributed by atoms with Gasteiger partial charge in [0.2, 0.25) is 0 Å². The molecule has 0 saturated heterocycles. The Balaban J connectivity index is 2.74. The van der Waals surface area contributed by atoms with Crippen LogP contribution in [-0.4, -0.2) is 18.6 Å². The quantitative estimate of drug-likeness (QED) is 0.722. The zero-order valence-electron chi connectivity index (χ0n) is 9.67. The number of nitrogens with one attached hydrogen (secondary N) is 1. The average molecular weight is 292 g/mol. The SMILES string of the molecule is N#Cc1sc(NCCCC(F)(F)F)c(C(N)=O)c1N. The molecule has 0 fully saturated rings. The summed E-state index contributed by atoms with van der Waals surface area (Å²) in [6, 6.07) is 1.79. The zero-order valence-corrected chi connectivity index (χ0v) is 10.5. The summed E-state index contributed by atoms with van der Waals surface area (Å²) in [5.41, 5.74) is 10.6. The summed E-state index contributed by atoms with van der Waals surface area (Å²) in [6.07, 6.45) is -5.31. The summed E-state index contributed by atoms with van der Waals surface area (Å²) in [7, 11) is 0. The molecule has 5 nitrogen and oxygen atoms in total. The van der Waals surface area contributed by atoms with E-state index in [0.29, 0.717) is 0 Å². The van der Waals surface area contributed by atoms with Gasteiger partial charge in [-0.2, -0.15) is 18.4 Å². The van der Waals surface area contributed by atoms with Crippen molar-refractivity contribution in [1.82, 2.24) is 0 Å². The van der Waals surface area contributed by atoms with Crippen LogP contribution >= 0.6 is 11.3 Å². The lowest BCUT2D eigenvalue weighted by molar-refractivity contribution is -0.134. The number of anilines is 2. The van der Waals surface area contributed by atoms with Crippen LogP contribution in [-0.2, 0) is 0 Å². The Morgan fingerprint density at radius 2 is 2.11 bits per heavy atom. The first-order valence-electron chi connectivity index (χ1n) is 5.19. The molecule has 0 atom stereocenters. The number of carbonyl (C=O) groups excluding carboxylic acids is 1. The Bertz CT molecular complexity index is 518. The van der Waals surface area contributed by atoms with Crippen LogP contribution in [0.25, 0.3) is 0 Å². The van der Waals surface area contributed by atoms with Crippen molar-refractivity contribution in [2.75, 3.05) is 17.6 Å². The summed E-state index contributed by atoms with van der Waals surface area (Å²) in [4.78, 5) is 11.3. The largest absolute Gasteiger partial charge is 0.396 e. The van der Waals surface area contributed by atoms with Gasteiger partial charge in [0.1, 0.15) is 15.9 Å². The van der Waals surface area contributed by atoms with Gasteiger partial charge in [-0.15, -0.1) is 11.3 Å². The summed E-state index contributed by atoms with van der Waals surface area (Å²) in [5.74, 6) is -0.825. The molecule has 0 aliphatic heterocycles. The van der Waals surface area contributed by atoms with E-state index < -0.39 is 18.5 Å². The first-order chi connectivity index (χ1) is 8.76. The number of rotatable bonds is 5. The number of carbonyl (C=O) groups is 1. The Labute approximate surface area is 111 Å².